The molecule has 0 radical (unpaired) electrons. The first-order valence-corrected chi connectivity index (χ1v) is 25.7. The number of carbonyl (C=O) groups is 1. The number of allylic oxidation sites excluding steroid dienone is 3. The Hall–Kier alpha value is -1.37. The minimum Gasteiger partial charge on any atom is -0.394 e. The molecular formula is C51H97NO9. The fourth-order valence-corrected chi connectivity index (χ4v) is 8.16. The summed E-state index contributed by atoms with van der Waals surface area (Å²) in [5, 5.41) is 64.8. The predicted octanol–water partition coefficient (Wildman–Crippen LogP) is 10.4. The fraction of sp³-hybridized carbons (Fsp3) is 0.902. The first-order valence-electron chi connectivity index (χ1n) is 25.7. The van der Waals surface area contributed by atoms with Crippen molar-refractivity contribution in [1.82, 2.24) is 5.32 Å². The number of hydrogen-bond acceptors (Lipinski definition) is 9. The Labute approximate surface area is 373 Å². The number of aliphatic hydroxyl groups excluding tert-OH is 6. The monoisotopic (exact) mass is 868 g/mol. The van der Waals surface area contributed by atoms with Crippen LogP contribution in [0, 0.1) is 0 Å². The molecule has 10 nitrogen and oxygen atoms in total. The Balaban J connectivity index is 2.35. The molecule has 0 bridgehead atoms. The summed E-state index contributed by atoms with van der Waals surface area (Å²) in [5.74, 6) is -0.619. The van der Waals surface area contributed by atoms with Gasteiger partial charge in [-0.1, -0.05) is 212 Å². The molecule has 0 aliphatic carbocycles. The number of ether oxygens (including phenoxy) is 2. The SMILES string of the molecule is CCCCCCCCCCCC/C=C\CCCCCCCCC(O)C(=O)NC(COC1OC(CO)C(O)C(O)C1O)C(O)/C=C/CCCCCCCCCCCCCCCC. The third-order valence-electron chi connectivity index (χ3n) is 12.4. The minimum atomic E-state index is -1.61. The van der Waals surface area contributed by atoms with E-state index >= 15 is 0 Å². The lowest BCUT2D eigenvalue weighted by Crippen LogP contribution is -2.60. The first-order chi connectivity index (χ1) is 29.8. The van der Waals surface area contributed by atoms with Crippen LogP contribution in [0.25, 0.3) is 0 Å². The van der Waals surface area contributed by atoms with E-state index in [9.17, 15) is 35.4 Å². The van der Waals surface area contributed by atoms with Crippen LogP contribution in [-0.2, 0) is 14.3 Å². The van der Waals surface area contributed by atoms with Crippen molar-refractivity contribution in [3.8, 4) is 0 Å². The van der Waals surface area contributed by atoms with Crippen molar-refractivity contribution < 1.29 is 44.9 Å². The second-order valence-electron chi connectivity index (χ2n) is 18.1. The Morgan fingerprint density at radius 1 is 0.557 bits per heavy atom. The van der Waals surface area contributed by atoms with E-state index in [1.54, 1.807) is 6.08 Å². The minimum absolute atomic E-state index is 0.304. The van der Waals surface area contributed by atoms with Gasteiger partial charge in [-0.25, -0.2) is 0 Å². The van der Waals surface area contributed by atoms with Gasteiger partial charge < -0.3 is 45.4 Å². The van der Waals surface area contributed by atoms with Crippen molar-refractivity contribution in [1.29, 1.82) is 0 Å². The second-order valence-corrected chi connectivity index (χ2v) is 18.1. The maximum absolute atomic E-state index is 13.1. The lowest BCUT2D eigenvalue weighted by atomic mass is 9.99. The first kappa shape index (κ1) is 57.6. The number of aliphatic hydroxyl groups is 6. The highest BCUT2D eigenvalue weighted by Gasteiger charge is 2.44. The van der Waals surface area contributed by atoms with Crippen LogP contribution in [0.1, 0.15) is 232 Å². The molecule has 8 unspecified atom stereocenters. The number of unbranched alkanes of at least 4 members (excludes halogenated alkanes) is 30. The summed E-state index contributed by atoms with van der Waals surface area (Å²) < 4.78 is 11.2. The number of amides is 1. The number of hydrogen-bond donors (Lipinski definition) is 7. The van der Waals surface area contributed by atoms with Gasteiger partial charge in [-0.15, -0.1) is 0 Å². The molecule has 0 saturated carbocycles. The lowest BCUT2D eigenvalue weighted by molar-refractivity contribution is -0.302. The van der Waals surface area contributed by atoms with Crippen molar-refractivity contribution in [2.24, 2.45) is 0 Å². The highest BCUT2D eigenvalue weighted by atomic mass is 16.7. The van der Waals surface area contributed by atoms with Gasteiger partial charge in [0, 0.05) is 0 Å². The molecule has 61 heavy (non-hydrogen) atoms. The normalized spacial score (nSPS) is 21.1. The number of nitrogens with one attached hydrogen (secondary N) is 1. The highest BCUT2D eigenvalue weighted by Crippen LogP contribution is 2.23. The molecule has 7 N–H and O–H groups in total. The summed E-state index contributed by atoms with van der Waals surface area (Å²) in [6.45, 7) is 3.62. The van der Waals surface area contributed by atoms with Gasteiger partial charge in [-0.05, 0) is 44.9 Å². The van der Waals surface area contributed by atoms with Crippen LogP contribution >= 0.6 is 0 Å². The van der Waals surface area contributed by atoms with Gasteiger partial charge in [0.2, 0.25) is 5.91 Å². The molecule has 1 heterocycles. The molecule has 0 spiro atoms. The zero-order valence-electron chi connectivity index (χ0n) is 39.3. The van der Waals surface area contributed by atoms with Gasteiger partial charge in [0.15, 0.2) is 6.29 Å². The van der Waals surface area contributed by atoms with Crippen molar-refractivity contribution in [2.45, 2.75) is 281 Å². The van der Waals surface area contributed by atoms with Crippen LogP contribution in [0.5, 0.6) is 0 Å². The molecule has 1 fully saturated rings. The molecule has 1 amide bonds. The fourth-order valence-electron chi connectivity index (χ4n) is 8.16. The van der Waals surface area contributed by atoms with Crippen molar-refractivity contribution >= 4 is 5.91 Å². The van der Waals surface area contributed by atoms with E-state index in [2.05, 4.69) is 31.3 Å². The molecule has 10 heteroatoms. The molecule has 360 valence electrons. The van der Waals surface area contributed by atoms with Gasteiger partial charge in [0.05, 0.1) is 25.4 Å². The van der Waals surface area contributed by atoms with Gasteiger partial charge >= 0.3 is 0 Å². The molecule has 0 aromatic heterocycles. The lowest BCUT2D eigenvalue weighted by Gasteiger charge is -2.40. The van der Waals surface area contributed by atoms with Crippen molar-refractivity contribution in [2.75, 3.05) is 13.2 Å². The van der Waals surface area contributed by atoms with Crippen molar-refractivity contribution in [3.05, 3.63) is 24.3 Å². The predicted molar refractivity (Wildman–Crippen MR) is 250 cm³/mol. The van der Waals surface area contributed by atoms with Crippen LogP contribution in [0.15, 0.2) is 24.3 Å². The van der Waals surface area contributed by atoms with Crippen LogP contribution in [-0.4, -0.2) is 98.7 Å². The Bertz CT molecular complexity index is 1030. The van der Waals surface area contributed by atoms with Gasteiger partial charge in [-0.3, -0.25) is 4.79 Å². The van der Waals surface area contributed by atoms with E-state index in [0.29, 0.717) is 12.8 Å². The maximum Gasteiger partial charge on any atom is 0.249 e. The summed E-state index contributed by atoms with van der Waals surface area (Å²) in [6, 6.07) is -0.980. The van der Waals surface area contributed by atoms with E-state index in [-0.39, 0.29) is 6.61 Å². The van der Waals surface area contributed by atoms with Crippen LogP contribution in [0.4, 0.5) is 0 Å². The van der Waals surface area contributed by atoms with Gasteiger partial charge in [0.25, 0.3) is 0 Å². The Morgan fingerprint density at radius 3 is 1.38 bits per heavy atom. The summed E-state index contributed by atoms with van der Waals surface area (Å²) in [5.41, 5.74) is 0. The Kier molecular flexibility index (Phi) is 39.1. The molecule has 1 rings (SSSR count). The van der Waals surface area contributed by atoms with Crippen molar-refractivity contribution in [3.63, 3.8) is 0 Å². The molecule has 0 aromatic carbocycles. The molecule has 1 aliphatic heterocycles. The van der Waals surface area contributed by atoms with E-state index in [4.69, 9.17) is 9.47 Å². The Morgan fingerprint density at radius 2 is 0.951 bits per heavy atom. The molecule has 8 atom stereocenters. The maximum atomic E-state index is 13.1. The third-order valence-corrected chi connectivity index (χ3v) is 12.4. The zero-order valence-corrected chi connectivity index (χ0v) is 39.3. The summed E-state index contributed by atoms with van der Waals surface area (Å²) in [4.78, 5) is 13.1. The highest BCUT2D eigenvalue weighted by molar-refractivity contribution is 5.80. The average molecular weight is 868 g/mol. The number of carbonyl (C=O) groups excluding carboxylic acids is 1. The second kappa shape index (κ2) is 41.3. The average Bonchev–Trinajstić information content (AvgIpc) is 3.26. The standard InChI is InChI=1S/C51H97NO9/c1-3-5-7-9-11-13-15-17-19-21-22-23-24-26-28-30-32-34-36-38-40-45(55)50(59)52-43(42-60-51-49(58)48(57)47(56)46(41-53)61-51)44(54)39-37-35-33-31-29-27-25-20-18-16-14-12-10-8-6-4-2/h23-24,37,39,43-49,51,53-58H,3-22,25-36,38,40-42H2,1-2H3,(H,52,59)/b24-23-,39-37+. The topological polar surface area (TPSA) is 169 Å². The van der Waals surface area contributed by atoms with E-state index in [0.717, 1.165) is 44.9 Å². The van der Waals surface area contributed by atoms with E-state index in [1.165, 1.54) is 161 Å². The summed E-state index contributed by atoms with van der Waals surface area (Å²) >= 11 is 0. The van der Waals surface area contributed by atoms with Crippen LogP contribution in [0.3, 0.4) is 0 Å². The largest absolute Gasteiger partial charge is 0.394 e. The molecule has 1 aliphatic rings. The van der Waals surface area contributed by atoms with E-state index < -0.39 is 61.5 Å². The quantitative estimate of drug-likeness (QED) is 0.0233. The molecule has 0 aromatic rings. The van der Waals surface area contributed by atoms with E-state index in [1.807, 2.05) is 6.08 Å². The summed E-state index contributed by atoms with van der Waals surface area (Å²) in [7, 11) is 0. The smallest absolute Gasteiger partial charge is 0.249 e. The van der Waals surface area contributed by atoms with Gasteiger partial charge in [-0.2, -0.15) is 0 Å². The van der Waals surface area contributed by atoms with Gasteiger partial charge in [0.1, 0.15) is 30.5 Å². The van der Waals surface area contributed by atoms with Crippen LogP contribution < -0.4 is 5.32 Å². The number of rotatable bonds is 43. The van der Waals surface area contributed by atoms with Crippen LogP contribution in [0.2, 0.25) is 0 Å². The molecular weight excluding hydrogens is 771 g/mol. The summed E-state index contributed by atoms with van der Waals surface area (Å²) in [6.07, 6.45) is 39.7. The molecule has 1 saturated heterocycles. The third kappa shape index (κ3) is 31.2. The zero-order chi connectivity index (χ0) is 44.6.